The van der Waals surface area contributed by atoms with E-state index in [1.165, 1.54) is 17.2 Å². The summed E-state index contributed by atoms with van der Waals surface area (Å²) >= 11 is 1.25. The SMILES string of the molecule is CCN(CCn1cc[n+](C)c1)c1ccc(/N=N/c2nc(-c3ccccc3)ns2)cc1. The summed E-state index contributed by atoms with van der Waals surface area (Å²) in [6, 6.07) is 18.0. The summed E-state index contributed by atoms with van der Waals surface area (Å²) in [5.41, 5.74) is 2.95. The van der Waals surface area contributed by atoms with E-state index in [1.54, 1.807) is 0 Å². The van der Waals surface area contributed by atoms with Crippen LogP contribution in [-0.2, 0) is 13.6 Å². The first kappa shape index (κ1) is 19.9. The van der Waals surface area contributed by atoms with Crippen molar-refractivity contribution in [1.82, 2.24) is 13.9 Å². The zero-order valence-corrected chi connectivity index (χ0v) is 17.9. The molecule has 0 amide bonds. The van der Waals surface area contributed by atoms with Crippen LogP contribution < -0.4 is 9.47 Å². The van der Waals surface area contributed by atoms with Crippen molar-refractivity contribution in [2.45, 2.75) is 13.5 Å². The normalized spacial score (nSPS) is 11.3. The van der Waals surface area contributed by atoms with Gasteiger partial charge in [0.05, 0.1) is 19.3 Å². The zero-order valence-electron chi connectivity index (χ0n) is 17.1. The van der Waals surface area contributed by atoms with Crippen molar-refractivity contribution >= 4 is 28.0 Å². The first-order valence-corrected chi connectivity index (χ1v) is 10.7. The van der Waals surface area contributed by atoms with Crippen LogP contribution in [0.3, 0.4) is 0 Å². The van der Waals surface area contributed by atoms with Gasteiger partial charge in [-0.1, -0.05) is 30.3 Å². The maximum atomic E-state index is 4.44. The summed E-state index contributed by atoms with van der Waals surface area (Å²) < 4.78 is 8.60. The molecule has 0 saturated carbocycles. The van der Waals surface area contributed by atoms with E-state index in [2.05, 4.69) is 71.4 Å². The van der Waals surface area contributed by atoms with E-state index in [-0.39, 0.29) is 0 Å². The number of aromatic nitrogens is 4. The number of aryl methyl sites for hydroxylation is 1. The second-order valence-electron chi connectivity index (χ2n) is 6.88. The Labute approximate surface area is 180 Å². The van der Waals surface area contributed by atoms with Crippen molar-refractivity contribution in [2.24, 2.45) is 17.3 Å². The van der Waals surface area contributed by atoms with E-state index in [0.29, 0.717) is 11.0 Å². The third kappa shape index (κ3) is 4.96. The highest BCUT2D eigenvalue weighted by atomic mass is 32.1. The van der Waals surface area contributed by atoms with E-state index >= 15 is 0 Å². The van der Waals surface area contributed by atoms with Crippen molar-refractivity contribution in [1.29, 1.82) is 0 Å². The average Bonchev–Trinajstić information content (AvgIpc) is 3.43. The Morgan fingerprint density at radius 3 is 2.57 bits per heavy atom. The fraction of sp³-hybridized carbons (Fsp3) is 0.227. The van der Waals surface area contributed by atoms with Gasteiger partial charge in [0.2, 0.25) is 11.5 Å². The second-order valence-corrected chi connectivity index (χ2v) is 7.61. The van der Waals surface area contributed by atoms with E-state index < -0.39 is 0 Å². The van der Waals surface area contributed by atoms with Gasteiger partial charge in [-0.2, -0.15) is 9.36 Å². The lowest BCUT2D eigenvalue weighted by molar-refractivity contribution is -0.671. The number of hydrogen-bond donors (Lipinski definition) is 0. The molecule has 0 aliphatic heterocycles. The summed E-state index contributed by atoms with van der Waals surface area (Å²) in [5, 5.41) is 9.11. The van der Waals surface area contributed by atoms with Gasteiger partial charge in [-0.05, 0) is 31.2 Å². The molecule has 4 aromatic rings. The molecule has 2 aromatic carbocycles. The van der Waals surface area contributed by atoms with Crippen molar-refractivity contribution in [3.63, 3.8) is 0 Å². The van der Waals surface area contributed by atoms with Crippen LogP contribution in [0.2, 0.25) is 0 Å². The van der Waals surface area contributed by atoms with Crippen LogP contribution >= 0.6 is 11.5 Å². The molecule has 4 rings (SSSR count). The number of rotatable bonds is 8. The first-order valence-electron chi connectivity index (χ1n) is 9.88. The Morgan fingerprint density at radius 2 is 1.87 bits per heavy atom. The number of hydrogen-bond acceptors (Lipinski definition) is 6. The third-order valence-electron chi connectivity index (χ3n) is 4.75. The van der Waals surface area contributed by atoms with Gasteiger partial charge in [-0.25, -0.2) is 9.13 Å². The molecule has 0 unspecified atom stereocenters. The van der Waals surface area contributed by atoms with Gasteiger partial charge >= 0.3 is 0 Å². The minimum Gasteiger partial charge on any atom is -0.368 e. The molecule has 152 valence electrons. The molecule has 0 atom stereocenters. The Morgan fingerprint density at radius 1 is 1.07 bits per heavy atom. The molecule has 0 radical (unpaired) electrons. The lowest BCUT2D eigenvalue weighted by Gasteiger charge is -2.22. The third-order valence-corrected chi connectivity index (χ3v) is 5.35. The quantitative estimate of drug-likeness (QED) is 0.306. The summed E-state index contributed by atoms with van der Waals surface area (Å²) in [6.07, 6.45) is 6.23. The van der Waals surface area contributed by atoms with Gasteiger partial charge in [0, 0.05) is 29.3 Å². The number of nitrogens with zero attached hydrogens (tertiary/aromatic N) is 7. The molecule has 0 N–H and O–H groups in total. The predicted octanol–water partition coefficient (Wildman–Crippen LogP) is 4.77. The fourth-order valence-corrected chi connectivity index (χ4v) is 3.65. The Balaban J connectivity index is 1.38. The van der Waals surface area contributed by atoms with Gasteiger partial charge in [-0.3, -0.25) is 0 Å². The average molecular weight is 419 g/mol. The van der Waals surface area contributed by atoms with Gasteiger partial charge in [0.25, 0.3) is 0 Å². The largest absolute Gasteiger partial charge is 0.368 e. The molecule has 0 saturated heterocycles. The van der Waals surface area contributed by atoms with Crippen molar-refractivity contribution in [2.75, 3.05) is 18.0 Å². The number of likely N-dealkylation sites (N-methyl/N-ethyl adjacent to an activating group) is 1. The zero-order chi connectivity index (χ0) is 20.8. The van der Waals surface area contributed by atoms with Crippen molar-refractivity contribution in [3.8, 4) is 11.4 Å². The number of benzene rings is 2. The molecule has 2 heterocycles. The molecule has 0 aliphatic rings. The molecule has 8 heteroatoms. The van der Waals surface area contributed by atoms with Crippen LogP contribution in [0, 0.1) is 0 Å². The van der Waals surface area contributed by atoms with E-state index in [1.807, 2.05) is 49.5 Å². The summed E-state index contributed by atoms with van der Waals surface area (Å²) in [4.78, 5) is 6.79. The number of imidazole rings is 1. The molecule has 2 aromatic heterocycles. The van der Waals surface area contributed by atoms with E-state index in [4.69, 9.17) is 0 Å². The van der Waals surface area contributed by atoms with Crippen LogP contribution in [0.4, 0.5) is 16.5 Å². The maximum Gasteiger partial charge on any atom is 0.249 e. The Hall–Kier alpha value is -3.39. The number of anilines is 1. The van der Waals surface area contributed by atoms with Gasteiger partial charge in [0.15, 0.2) is 5.82 Å². The smallest absolute Gasteiger partial charge is 0.249 e. The predicted molar refractivity (Wildman–Crippen MR) is 119 cm³/mol. The van der Waals surface area contributed by atoms with Gasteiger partial charge < -0.3 is 4.90 Å². The summed E-state index contributed by atoms with van der Waals surface area (Å²) in [7, 11) is 2.03. The maximum absolute atomic E-state index is 4.44. The highest BCUT2D eigenvalue weighted by Gasteiger charge is 2.08. The fourth-order valence-electron chi connectivity index (χ4n) is 3.13. The number of azo groups is 1. The van der Waals surface area contributed by atoms with Crippen LogP contribution in [0.5, 0.6) is 0 Å². The van der Waals surface area contributed by atoms with Crippen LogP contribution in [0.15, 0.2) is 83.5 Å². The first-order chi connectivity index (χ1) is 14.7. The molecular weight excluding hydrogens is 394 g/mol. The van der Waals surface area contributed by atoms with E-state index in [9.17, 15) is 0 Å². The van der Waals surface area contributed by atoms with E-state index in [0.717, 1.165) is 30.9 Å². The minimum absolute atomic E-state index is 0.549. The highest BCUT2D eigenvalue weighted by Crippen LogP contribution is 2.26. The molecule has 0 fully saturated rings. The molecule has 0 spiro atoms. The second kappa shape index (κ2) is 9.41. The topological polar surface area (TPSA) is 62.5 Å². The Bertz CT molecular complexity index is 1100. The summed E-state index contributed by atoms with van der Waals surface area (Å²) in [6.45, 7) is 5.00. The monoisotopic (exact) mass is 418 g/mol. The molecule has 30 heavy (non-hydrogen) atoms. The summed E-state index contributed by atoms with van der Waals surface area (Å²) in [5.74, 6) is 0.680. The van der Waals surface area contributed by atoms with Crippen molar-refractivity contribution < 1.29 is 4.57 Å². The van der Waals surface area contributed by atoms with Gasteiger partial charge in [0.1, 0.15) is 18.9 Å². The lowest BCUT2D eigenvalue weighted by atomic mass is 10.2. The van der Waals surface area contributed by atoms with Crippen LogP contribution in [0.25, 0.3) is 11.4 Å². The molecule has 7 nitrogen and oxygen atoms in total. The van der Waals surface area contributed by atoms with Crippen LogP contribution in [0.1, 0.15) is 6.92 Å². The standard InChI is InChI=1S/C22H24N7S/c1-3-29(16-15-28-14-13-27(2)17-28)20-11-9-19(10-12-20)24-25-22-23-21(26-30-22)18-7-5-4-6-8-18/h4-14,17H,3,15-16H2,1-2H3/q+1/b25-24+. The molecule has 0 aliphatic carbocycles. The highest BCUT2D eigenvalue weighted by molar-refractivity contribution is 7.09. The lowest BCUT2D eigenvalue weighted by Crippen LogP contribution is -2.28. The minimum atomic E-state index is 0.549. The van der Waals surface area contributed by atoms with Gasteiger partial charge in [-0.15, -0.1) is 10.2 Å². The van der Waals surface area contributed by atoms with Crippen LogP contribution in [-0.4, -0.2) is 27.0 Å². The van der Waals surface area contributed by atoms with Crippen molar-refractivity contribution in [3.05, 3.63) is 73.3 Å². The Kier molecular flexibility index (Phi) is 6.24. The molecule has 0 bridgehead atoms. The molecular formula is C22H24N7S+.